The monoisotopic (exact) mass is 592 g/mol. The third kappa shape index (κ3) is 9.40. The number of anilines is 2. The normalized spacial score (nSPS) is 11.1. The van der Waals surface area contributed by atoms with Gasteiger partial charge in [-0.3, -0.25) is 14.8 Å². The lowest BCUT2D eigenvalue weighted by Gasteiger charge is -2.25. The molecule has 3 rings (SSSR count). The molecule has 0 spiro atoms. The molecule has 218 valence electrons. The quantitative estimate of drug-likeness (QED) is 0.0564. The first-order valence-corrected chi connectivity index (χ1v) is 11.4. The molecule has 39 heavy (non-hydrogen) atoms. The largest absolute Gasteiger partial charge is 0.507 e. The number of urea groups is 1. The molecular weight excluding hydrogens is 559 g/mol. The number of ketones is 2. The minimum atomic E-state index is -0.940. The van der Waals surface area contributed by atoms with E-state index < -0.39 is 17.6 Å². The van der Waals surface area contributed by atoms with Crippen LogP contribution in [-0.2, 0) is 0 Å². The van der Waals surface area contributed by atoms with Crippen molar-refractivity contribution in [1.82, 2.24) is 16.1 Å². The fraction of sp³-hybridized carbons (Fsp3) is 0.348. The smallest absolute Gasteiger partial charge is 0.335 e. The number of phenolic OH excluding ortho intramolecular Hbond substituents is 2. The van der Waals surface area contributed by atoms with Crippen LogP contribution in [0.25, 0.3) is 0 Å². The number of halogens is 2. The van der Waals surface area contributed by atoms with Crippen molar-refractivity contribution in [3.63, 3.8) is 0 Å². The first-order valence-electron chi connectivity index (χ1n) is 11.4. The van der Waals surface area contributed by atoms with Crippen LogP contribution in [0.2, 0.25) is 0 Å². The summed E-state index contributed by atoms with van der Waals surface area (Å²) in [6.45, 7) is 2.81. The molecule has 0 saturated carbocycles. The topological polar surface area (TPSA) is 239 Å². The van der Waals surface area contributed by atoms with Gasteiger partial charge in [-0.2, -0.15) is 0 Å². The van der Waals surface area contributed by atoms with Crippen LogP contribution in [0.4, 0.5) is 16.2 Å². The zero-order chi connectivity index (χ0) is 27.4. The van der Waals surface area contributed by atoms with E-state index in [1.807, 2.05) is 0 Å². The third-order valence-corrected chi connectivity index (χ3v) is 5.20. The lowest BCUT2D eigenvalue weighted by Crippen LogP contribution is -2.28. The lowest BCUT2D eigenvalue weighted by molar-refractivity contribution is 0.0975. The van der Waals surface area contributed by atoms with Crippen molar-refractivity contribution in [2.45, 2.75) is 0 Å². The molecule has 0 fully saturated rings. The Kier molecular flexibility index (Phi) is 16.5. The van der Waals surface area contributed by atoms with Crippen LogP contribution in [0.3, 0.4) is 0 Å². The number of aliphatic hydroxyl groups is 2. The number of carbonyl (C=O) groups is 3. The van der Waals surface area contributed by atoms with Crippen molar-refractivity contribution in [3.05, 3.63) is 46.5 Å². The molecule has 12 N–H and O–H groups in total. The van der Waals surface area contributed by atoms with Crippen LogP contribution in [0.15, 0.2) is 24.3 Å². The fourth-order valence-electron chi connectivity index (χ4n) is 3.64. The average Bonchev–Trinajstić information content (AvgIpc) is 2.88. The molecule has 0 radical (unpaired) electrons. The Labute approximate surface area is 236 Å². The van der Waals surface area contributed by atoms with Gasteiger partial charge in [-0.25, -0.2) is 10.3 Å². The number of amides is 2. The second-order valence-electron chi connectivity index (χ2n) is 7.70. The number of hydrogen-bond donors (Lipinski definition) is 11. The number of fused-ring (bicyclic) bond motifs is 2. The molecule has 14 nitrogen and oxygen atoms in total. The maximum atomic E-state index is 13.4. The number of hydrogen-bond acceptors (Lipinski definition) is 12. The van der Waals surface area contributed by atoms with E-state index in [1.54, 1.807) is 12.1 Å². The third-order valence-electron chi connectivity index (χ3n) is 5.20. The van der Waals surface area contributed by atoms with Crippen LogP contribution in [0, 0.1) is 0 Å². The van der Waals surface area contributed by atoms with Gasteiger partial charge in [0.05, 0.1) is 35.5 Å². The summed E-state index contributed by atoms with van der Waals surface area (Å²) in [4.78, 5) is 36.0. The van der Waals surface area contributed by atoms with Crippen LogP contribution >= 0.6 is 24.8 Å². The van der Waals surface area contributed by atoms with E-state index in [1.165, 1.54) is 17.6 Å². The van der Waals surface area contributed by atoms with E-state index in [-0.39, 0.29) is 71.8 Å². The van der Waals surface area contributed by atoms with Gasteiger partial charge in [-0.05, 0) is 24.3 Å². The first-order chi connectivity index (χ1) is 17.8. The zero-order valence-corrected chi connectivity index (χ0v) is 22.5. The highest BCUT2D eigenvalue weighted by Crippen LogP contribution is 2.42. The molecule has 0 aromatic heterocycles. The van der Waals surface area contributed by atoms with Crippen molar-refractivity contribution in [2.24, 2.45) is 5.73 Å². The molecule has 0 unspecified atom stereocenters. The number of hydroxylamine groups is 1. The van der Waals surface area contributed by atoms with Crippen molar-refractivity contribution in [3.8, 4) is 11.5 Å². The minimum absolute atomic E-state index is 0. The molecule has 16 heteroatoms. The highest BCUT2D eigenvalue weighted by Gasteiger charge is 2.37. The second kappa shape index (κ2) is 18.0. The van der Waals surface area contributed by atoms with Gasteiger partial charge in [0.15, 0.2) is 0 Å². The SMILES string of the molecule is Cl.Cl.NC(=O)NO.O=C1c2c(O)ccc(O)c2C(=O)c2c(NCCNCCO)ccc(NCCNCCO)c21. The summed E-state index contributed by atoms with van der Waals surface area (Å²) in [6, 6.07) is 4.80. The van der Waals surface area contributed by atoms with Crippen LogP contribution in [0.5, 0.6) is 11.5 Å². The van der Waals surface area contributed by atoms with Gasteiger partial charge in [-0.15, -0.1) is 24.8 Å². The molecule has 0 aliphatic heterocycles. The van der Waals surface area contributed by atoms with Gasteiger partial charge in [0, 0.05) is 50.6 Å². The molecule has 0 saturated heterocycles. The molecular formula is C23H34Cl2N6O8. The molecule has 0 heterocycles. The van der Waals surface area contributed by atoms with E-state index in [2.05, 4.69) is 27.0 Å². The van der Waals surface area contributed by atoms with Gasteiger partial charge >= 0.3 is 6.03 Å². The number of rotatable bonds is 12. The van der Waals surface area contributed by atoms with E-state index in [9.17, 15) is 24.6 Å². The standard InChI is InChI=1S/C22H28N4O6.CH4N2O2.2ClH/c27-11-9-23-5-7-25-13-1-2-14(26-8-6-24-10-12-28)18-17(13)21(31)19-15(29)3-4-16(30)20(19)22(18)32;2-1(4)3-5;;/h1-4,23-30H,5-12H2;5H,(H3,2,3,4);2*1H. The Morgan fingerprint density at radius 3 is 1.33 bits per heavy atom. The van der Waals surface area contributed by atoms with Gasteiger partial charge < -0.3 is 47.4 Å². The number of benzene rings is 2. The van der Waals surface area contributed by atoms with Gasteiger partial charge in [0.1, 0.15) is 11.5 Å². The van der Waals surface area contributed by atoms with E-state index in [0.717, 1.165) is 0 Å². The van der Waals surface area contributed by atoms with Crippen molar-refractivity contribution < 1.29 is 40.0 Å². The number of nitrogens with two attached hydrogens (primary N) is 1. The van der Waals surface area contributed by atoms with E-state index in [4.69, 9.17) is 15.4 Å². The van der Waals surface area contributed by atoms with Crippen molar-refractivity contribution >= 4 is 53.8 Å². The van der Waals surface area contributed by atoms with Gasteiger partial charge in [0.2, 0.25) is 11.6 Å². The van der Waals surface area contributed by atoms with Crippen molar-refractivity contribution in [1.29, 1.82) is 0 Å². The number of nitrogens with one attached hydrogen (secondary N) is 5. The van der Waals surface area contributed by atoms with Crippen LogP contribution in [-0.4, -0.2) is 95.7 Å². The van der Waals surface area contributed by atoms with Crippen LogP contribution in [0.1, 0.15) is 31.8 Å². The Hall–Kier alpha value is -3.37. The molecule has 2 amide bonds. The predicted molar refractivity (Wildman–Crippen MR) is 149 cm³/mol. The van der Waals surface area contributed by atoms with Gasteiger partial charge in [0.25, 0.3) is 0 Å². The highest BCUT2D eigenvalue weighted by atomic mass is 35.5. The Balaban J connectivity index is 0.00000189. The summed E-state index contributed by atoms with van der Waals surface area (Å²) >= 11 is 0. The maximum absolute atomic E-state index is 13.4. The maximum Gasteiger partial charge on any atom is 0.335 e. The minimum Gasteiger partial charge on any atom is -0.507 e. The highest BCUT2D eigenvalue weighted by molar-refractivity contribution is 6.33. The molecule has 0 atom stereocenters. The van der Waals surface area contributed by atoms with E-state index in [0.29, 0.717) is 50.6 Å². The summed E-state index contributed by atoms with van der Waals surface area (Å²) in [5.41, 5.74) is 6.14. The molecule has 2 aromatic carbocycles. The van der Waals surface area contributed by atoms with Crippen molar-refractivity contribution in [2.75, 3.05) is 63.1 Å². The molecule has 2 aromatic rings. The molecule has 1 aliphatic carbocycles. The fourth-order valence-corrected chi connectivity index (χ4v) is 3.64. The lowest BCUT2D eigenvalue weighted by atomic mass is 9.81. The molecule has 0 bridgehead atoms. The van der Waals surface area contributed by atoms with Crippen LogP contribution < -0.4 is 32.5 Å². The zero-order valence-electron chi connectivity index (χ0n) is 20.8. The number of aromatic hydroxyl groups is 2. The molecule has 1 aliphatic rings. The summed E-state index contributed by atoms with van der Waals surface area (Å²) in [5, 5.41) is 58.0. The second-order valence-corrected chi connectivity index (χ2v) is 7.70. The summed E-state index contributed by atoms with van der Waals surface area (Å²) < 4.78 is 0. The summed E-state index contributed by atoms with van der Waals surface area (Å²) in [5.74, 6) is -1.86. The Bertz CT molecular complexity index is 1040. The summed E-state index contributed by atoms with van der Waals surface area (Å²) in [7, 11) is 0. The number of carbonyl (C=O) groups excluding carboxylic acids is 3. The Morgan fingerprint density at radius 2 is 1.03 bits per heavy atom. The predicted octanol–water partition coefficient (Wildman–Crippen LogP) is -0.252. The Morgan fingerprint density at radius 1 is 0.667 bits per heavy atom. The number of phenols is 2. The number of primary amides is 1. The average molecular weight is 593 g/mol. The van der Waals surface area contributed by atoms with E-state index >= 15 is 0 Å². The summed E-state index contributed by atoms with van der Waals surface area (Å²) in [6.07, 6.45) is 0. The van der Waals surface area contributed by atoms with Gasteiger partial charge in [-0.1, -0.05) is 0 Å². The first kappa shape index (κ1) is 35.6. The number of aliphatic hydroxyl groups excluding tert-OH is 2.